The van der Waals surface area contributed by atoms with E-state index in [1.807, 2.05) is 54.6 Å². The van der Waals surface area contributed by atoms with Crippen LogP contribution < -0.4 is 15.0 Å². The summed E-state index contributed by atoms with van der Waals surface area (Å²) in [5.41, 5.74) is 4.14. The van der Waals surface area contributed by atoms with Crippen LogP contribution in [0.5, 0.6) is 11.5 Å². The van der Waals surface area contributed by atoms with Crippen LogP contribution in [0.3, 0.4) is 0 Å². The van der Waals surface area contributed by atoms with Crippen molar-refractivity contribution in [3.05, 3.63) is 100 Å². The quantitative estimate of drug-likeness (QED) is 0.270. The molecule has 0 saturated heterocycles. The summed E-state index contributed by atoms with van der Waals surface area (Å²) < 4.78 is 11.7. The molecule has 2 aromatic heterocycles. The van der Waals surface area contributed by atoms with Crippen LogP contribution >= 0.6 is 11.3 Å². The molecule has 0 amide bonds. The zero-order chi connectivity index (χ0) is 25.3. The van der Waals surface area contributed by atoms with Crippen molar-refractivity contribution in [2.75, 3.05) is 7.11 Å². The predicted octanol–water partition coefficient (Wildman–Crippen LogP) is 7.20. The van der Waals surface area contributed by atoms with Crippen LogP contribution in [0.1, 0.15) is 31.9 Å². The molecule has 5 aromatic rings. The number of hydrogen-bond acceptors (Lipinski definition) is 5. The van der Waals surface area contributed by atoms with Gasteiger partial charge in [0.1, 0.15) is 17.3 Å². The third-order valence-electron chi connectivity index (χ3n) is 6.11. The molecule has 5 nitrogen and oxygen atoms in total. The van der Waals surface area contributed by atoms with E-state index in [-0.39, 0.29) is 11.0 Å². The molecular weight excluding hydrogens is 468 g/mol. The molecule has 182 valence electrons. The zero-order valence-electron chi connectivity index (χ0n) is 20.8. The number of nitrogens with one attached hydrogen (secondary N) is 1. The summed E-state index contributed by atoms with van der Waals surface area (Å²) in [6.07, 6.45) is 0. The minimum absolute atomic E-state index is 0.114. The standard InChI is InChI=1S/C30H28N2O3S/c1-30(2,3)22-13-10-19(11-14-22)18-35-24-15-12-21(16-25(24)34-4)27-31-28(33)23-17-26(36-29(23)32-27)20-8-6-5-7-9-20/h5-17H,18H2,1-4H3,(H,31,32,33). The second-order valence-corrected chi connectivity index (χ2v) is 10.7. The maximum atomic E-state index is 12.8. The van der Waals surface area contributed by atoms with E-state index in [0.717, 1.165) is 21.6 Å². The highest BCUT2D eigenvalue weighted by Gasteiger charge is 2.15. The first kappa shape index (κ1) is 23.8. The fraction of sp³-hybridized carbons (Fsp3) is 0.200. The number of H-pyrrole nitrogens is 1. The Morgan fingerprint density at radius 3 is 2.33 bits per heavy atom. The van der Waals surface area contributed by atoms with Crippen molar-refractivity contribution in [1.29, 1.82) is 0 Å². The molecule has 1 N–H and O–H groups in total. The summed E-state index contributed by atoms with van der Waals surface area (Å²) in [7, 11) is 1.61. The number of hydrogen-bond donors (Lipinski definition) is 1. The van der Waals surface area contributed by atoms with E-state index >= 15 is 0 Å². The molecule has 0 aliphatic rings. The Morgan fingerprint density at radius 1 is 0.889 bits per heavy atom. The maximum Gasteiger partial charge on any atom is 0.259 e. The SMILES string of the molecule is COc1cc(-c2nc3sc(-c4ccccc4)cc3c(=O)[nH]2)ccc1OCc1ccc(C(C)(C)C)cc1. The van der Waals surface area contributed by atoms with Crippen molar-refractivity contribution in [2.24, 2.45) is 0 Å². The molecule has 3 aromatic carbocycles. The molecule has 2 heterocycles. The van der Waals surface area contributed by atoms with Gasteiger partial charge in [0.2, 0.25) is 0 Å². The minimum Gasteiger partial charge on any atom is -0.493 e. The van der Waals surface area contributed by atoms with E-state index in [4.69, 9.17) is 14.5 Å². The Hall–Kier alpha value is -3.90. The summed E-state index contributed by atoms with van der Waals surface area (Å²) in [5, 5.41) is 0.590. The van der Waals surface area contributed by atoms with E-state index in [1.54, 1.807) is 7.11 Å². The first-order chi connectivity index (χ1) is 17.3. The number of fused-ring (bicyclic) bond motifs is 1. The number of methoxy groups -OCH3 is 1. The third-order valence-corrected chi connectivity index (χ3v) is 7.19. The van der Waals surface area contributed by atoms with Gasteiger partial charge in [-0.25, -0.2) is 4.98 Å². The Bertz CT molecular complexity index is 1560. The molecule has 0 atom stereocenters. The highest BCUT2D eigenvalue weighted by molar-refractivity contribution is 7.21. The van der Waals surface area contributed by atoms with Crippen LogP contribution in [0.2, 0.25) is 0 Å². The van der Waals surface area contributed by atoms with E-state index in [2.05, 4.69) is 50.0 Å². The lowest BCUT2D eigenvalue weighted by Crippen LogP contribution is -2.10. The number of benzene rings is 3. The van der Waals surface area contributed by atoms with Gasteiger partial charge in [-0.3, -0.25) is 4.79 Å². The van der Waals surface area contributed by atoms with Gasteiger partial charge < -0.3 is 14.5 Å². The van der Waals surface area contributed by atoms with Gasteiger partial charge in [0.05, 0.1) is 12.5 Å². The number of nitrogens with zero attached hydrogens (tertiary/aromatic N) is 1. The van der Waals surface area contributed by atoms with Crippen molar-refractivity contribution in [3.8, 4) is 33.3 Å². The molecule has 0 bridgehead atoms. The van der Waals surface area contributed by atoms with Gasteiger partial charge in [-0.05, 0) is 46.4 Å². The molecule has 0 fully saturated rings. The molecule has 36 heavy (non-hydrogen) atoms. The Balaban J connectivity index is 1.39. The highest BCUT2D eigenvalue weighted by Crippen LogP contribution is 2.34. The number of ether oxygens (including phenoxy) is 2. The van der Waals surface area contributed by atoms with Crippen molar-refractivity contribution in [3.63, 3.8) is 0 Å². The molecule has 0 spiro atoms. The van der Waals surface area contributed by atoms with Crippen molar-refractivity contribution in [2.45, 2.75) is 32.8 Å². The van der Waals surface area contributed by atoms with Crippen molar-refractivity contribution >= 4 is 21.6 Å². The smallest absolute Gasteiger partial charge is 0.259 e. The lowest BCUT2D eigenvalue weighted by atomic mass is 9.87. The van der Waals surface area contributed by atoms with E-state index in [1.165, 1.54) is 16.9 Å². The van der Waals surface area contributed by atoms with Crippen LogP contribution in [0, 0.1) is 0 Å². The van der Waals surface area contributed by atoms with E-state index in [9.17, 15) is 4.79 Å². The molecule has 0 radical (unpaired) electrons. The van der Waals surface area contributed by atoms with Crippen molar-refractivity contribution < 1.29 is 9.47 Å². The lowest BCUT2D eigenvalue weighted by molar-refractivity contribution is 0.284. The largest absolute Gasteiger partial charge is 0.493 e. The minimum atomic E-state index is -0.161. The normalized spacial score (nSPS) is 11.6. The molecule has 0 saturated carbocycles. The average molecular weight is 497 g/mol. The highest BCUT2D eigenvalue weighted by atomic mass is 32.1. The maximum absolute atomic E-state index is 12.8. The van der Waals surface area contributed by atoms with Crippen molar-refractivity contribution in [1.82, 2.24) is 9.97 Å². The molecule has 0 aliphatic carbocycles. The summed E-state index contributed by atoms with van der Waals surface area (Å²) in [5.74, 6) is 1.71. The zero-order valence-corrected chi connectivity index (χ0v) is 21.6. The number of rotatable bonds is 6. The van der Waals surface area contributed by atoms with Crippen LogP contribution in [0.25, 0.3) is 32.0 Å². The topological polar surface area (TPSA) is 64.2 Å². The molecule has 6 heteroatoms. The number of aromatic nitrogens is 2. The average Bonchev–Trinajstić information content (AvgIpc) is 3.33. The lowest BCUT2D eigenvalue weighted by Gasteiger charge is -2.19. The van der Waals surface area contributed by atoms with Gasteiger partial charge in [0, 0.05) is 10.4 Å². The third kappa shape index (κ3) is 4.90. The Morgan fingerprint density at radius 2 is 1.64 bits per heavy atom. The fourth-order valence-corrected chi connectivity index (χ4v) is 5.05. The van der Waals surface area contributed by atoms with Crippen LogP contribution in [-0.4, -0.2) is 17.1 Å². The van der Waals surface area contributed by atoms with Gasteiger partial charge in [-0.2, -0.15) is 0 Å². The van der Waals surface area contributed by atoms with E-state index in [0.29, 0.717) is 34.1 Å². The Kier molecular flexibility index (Phi) is 6.37. The van der Waals surface area contributed by atoms with Gasteiger partial charge in [-0.1, -0.05) is 75.4 Å². The van der Waals surface area contributed by atoms with E-state index < -0.39 is 0 Å². The summed E-state index contributed by atoms with van der Waals surface area (Å²) >= 11 is 1.51. The predicted molar refractivity (Wildman–Crippen MR) is 147 cm³/mol. The number of aromatic amines is 1. The van der Waals surface area contributed by atoms with Crippen LogP contribution in [-0.2, 0) is 12.0 Å². The van der Waals surface area contributed by atoms with Gasteiger partial charge >= 0.3 is 0 Å². The van der Waals surface area contributed by atoms with Crippen LogP contribution in [0.4, 0.5) is 0 Å². The molecular formula is C30H28N2O3S. The molecule has 5 rings (SSSR count). The molecule has 0 aliphatic heterocycles. The van der Waals surface area contributed by atoms with Gasteiger partial charge in [0.15, 0.2) is 11.5 Å². The monoisotopic (exact) mass is 496 g/mol. The fourth-order valence-electron chi connectivity index (χ4n) is 4.01. The Labute approximate surface area is 214 Å². The van der Waals surface area contributed by atoms with Crippen LogP contribution in [0.15, 0.2) is 83.7 Å². The second-order valence-electron chi connectivity index (χ2n) is 9.71. The summed E-state index contributed by atoms with van der Waals surface area (Å²) in [6.45, 7) is 7.03. The first-order valence-electron chi connectivity index (χ1n) is 11.8. The first-order valence-corrected chi connectivity index (χ1v) is 12.6. The van der Waals surface area contributed by atoms with Gasteiger partial charge in [0.25, 0.3) is 5.56 Å². The molecule has 0 unspecified atom stereocenters. The number of thiophene rings is 1. The van der Waals surface area contributed by atoms with Gasteiger partial charge in [-0.15, -0.1) is 11.3 Å². The summed E-state index contributed by atoms with van der Waals surface area (Å²) in [6, 6.07) is 26.0. The summed E-state index contributed by atoms with van der Waals surface area (Å²) in [4.78, 5) is 22.2. The second kappa shape index (κ2) is 9.63.